The smallest absolute Gasteiger partial charge is 0.307 e. The third-order valence-corrected chi connectivity index (χ3v) is 6.58. The topological polar surface area (TPSA) is 90.0 Å². The van der Waals surface area contributed by atoms with E-state index in [0.29, 0.717) is 18.1 Å². The summed E-state index contributed by atoms with van der Waals surface area (Å²) in [5.74, 6) is 3.85. The molecule has 0 radical (unpaired) electrons. The quantitative estimate of drug-likeness (QED) is 0.188. The number of hydrogen-bond donors (Lipinski definition) is 2. The Kier molecular flexibility index (Phi) is 9.10. The van der Waals surface area contributed by atoms with Crippen molar-refractivity contribution in [2.75, 3.05) is 20.3 Å². The van der Waals surface area contributed by atoms with Crippen molar-refractivity contribution in [3.8, 4) is 45.1 Å². The minimum Gasteiger partial charge on any atom is -0.497 e. The maximum atomic E-state index is 11.4. The fourth-order valence-electron chi connectivity index (χ4n) is 3.80. The van der Waals surface area contributed by atoms with E-state index in [1.54, 1.807) is 7.11 Å². The van der Waals surface area contributed by atoms with E-state index in [4.69, 9.17) is 18.9 Å². The lowest BCUT2D eigenvalue weighted by molar-refractivity contribution is 0.265. The van der Waals surface area contributed by atoms with Crippen LogP contribution in [0.15, 0.2) is 71.5 Å². The minimum absolute atomic E-state index is 0.106. The first-order valence-electron chi connectivity index (χ1n) is 12.3. The molecule has 4 rings (SSSR count). The van der Waals surface area contributed by atoms with Gasteiger partial charge in [-0.1, -0.05) is 24.7 Å². The second-order valence-electron chi connectivity index (χ2n) is 8.42. The molecule has 0 spiro atoms. The van der Waals surface area contributed by atoms with Gasteiger partial charge in [0.2, 0.25) is 5.88 Å². The average molecular weight is 522 g/mol. The molecule has 3 aromatic carbocycles. The predicted octanol–water partition coefficient (Wildman–Crippen LogP) is 6.80. The zero-order chi connectivity index (χ0) is 26.0. The van der Waals surface area contributed by atoms with Gasteiger partial charge in [-0.05, 0) is 97.1 Å². The van der Waals surface area contributed by atoms with Crippen molar-refractivity contribution >= 4 is 11.3 Å². The van der Waals surface area contributed by atoms with Gasteiger partial charge in [0, 0.05) is 0 Å². The molecular formula is C29H31NO6S. The maximum Gasteiger partial charge on any atom is 0.307 e. The summed E-state index contributed by atoms with van der Waals surface area (Å²) in [6, 6.07) is 20.8. The van der Waals surface area contributed by atoms with Gasteiger partial charge in [0.05, 0.1) is 25.2 Å². The summed E-state index contributed by atoms with van der Waals surface area (Å²) in [4.78, 5) is 14.0. The first kappa shape index (κ1) is 26.2. The van der Waals surface area contributed by atoms with E-state index in [-0.39, 0.29) is 10.8 Å². The molecule has 1 heterocycles. The minimum atomic E-state index is -0.283. The van der Waals surface area contributed by atoms with E-state index < -0.39 is 0 Å². The van der Waals surface area contributed by atoms with E-state index in [1.807, 2.05) is 66.7 Å². The second kappa shape index (κ2) is 12.9. The highest BCUT2D eigenvalue weighted by molar-refractivity contribution is 7.13. The van der Waals surface area contributed by atoms with Gasteiger partial charge < -0.3 is 24.1 Å². The number of aryl methyl sites for hydroxylation is 1. The number of hydrogen-bond acceptors (Lipinski definition) is 7. The average Bonchev–Trinajstić information content (AvgIpc) is 3.25. The fraction of sp³-hybridized carbons (Fsp3) is 0.276. The molecule has 0 atom stereocenters. The van der Waals surface area contributed by atoms with Crippen molar-refractivity contribution in [2.45, 2.75) is 32.6 Å². The number of thiazole rings is 1. The lowest BCUT2D eigenvalue weighted by atomic mass is 10.1. The molecule has 8 heteroatoms. The molecule has 0 fully saturated rings. The number of methoxy groups -OCH3 is 1. The van der Waals surface area contributed by atoms with Crippen LogP contribution in [-0.2, 0) is 6.42 Å². The molecule has 0 aliphatic carbocycles. The summed E-state index contributed by atoms with van der Waals surface area (Å²) in [5.41, 5.74) is 1.90. The Morgan fingerprint density at radius 1 is 0.838 bits per heavy atom. The Bertz CT molecular complexity index is 1330. The highest BCUT2D eigenvalue weighted by Gasteiger charge is 2.10. The number of benzene rings is 3. The number of rotatable bonds is 13. The van der Waals surface area contributed by atoms with Gasteiger partial charge in [-0.15, -0.1) is 0 Å². The van der Waals surface area contributed by atoms with Crippen LogP contribution in [0.5, 0.6) is 34.6 Å². The Hall–Kier alpha value is -3.91. The van der Waals surface area contributed by atoms with Gasteiger partial charge in [-0.25, -0.2) is 0 Å². The molecule has 7 nitrogen and oxygen atoms in total. The van der Waals surface area contributed by atoms with Crippen molar-refractivity contribution in [2.24, 2.45) is 0 Å². The van der Waals surface area contributed by atoms with Crippen LogP contribution >= 0.6 is 11.3 Å². The number of aromatic amines is 1. The highest BCUT2D eigenvalue weighted by Crippen LogP contribution is 2.31. The van der Waals surface area contributed by atoms with E-state index in [9.17, 15) is 9.90 Å². The Balaban J connectivity index is 1.22. The van der Waals surface area contributed by atoms with Crippen molar-refractivity contribution in [3.63, 3.8) is 0 Å². The second-order valence-corrected chi connectivity index (χ2v) is 9.40. The molecule has 0 bridgehead atoms. The Morgan fingerprint density at radius 3 is 2.14 bits per heavy atom. The Labute approximate surface area is 220 Å². The van der Waals surface area contributed by atoms with Crippen LogP contribution in [0.2, 0.25) is 0 Å². The van der Waals surface area contributed by atoms with Gasteiger partial charge in [0.15, 0.2) is 0 Å². The SMILES string of the molecule is CCCc1cc(Oc2ccc(OC)cc2)ccc1OCCCCOc1ccc(-c2sc(=O)[nH]c2O)cc1. The lowest BCUT2D eigenvalue weighted by Gasteiger charge is -2.14. The molecular weight excluding hydrogens is 490 g/mol. The summed E-state index contributed by atoms with van der Waals surface area (Å²) in [7, 11) is 1.64. The molecule has 194 valence electrons. The fourth-order valence-corrected chi connectivity index (χ4v) is 4.53. The highest BCUT2D eigenvalue weighted by atomic mass is 32.1. The van der Waals surface area contributed by atoms with Crippen LogP contribution in [0.4, 0.5) is 0 Å². The summed E-state index contributed by atoms with van der Waals surface area (Å²) >= 11 is 0.977. The molecule has 0 aliphatic heterocycles. The first-order valence-corrected chi connectivity index (χ1v) is 13.1. The number of aromatic hydroxyl groups is 1. The molecule has 0 saturated carbocycles. The van der Waals surface area contributed by atoms with Crippen molar-refractivity contribution in [1.29, 1.82) is 0 Å². The van der Waals surface area contributed by atoms with Gasteiger partial charge >= 0.3 is 4.87 Å². The first-order chi connectivity index (χ1) is 18.1. The molecule has 0 amide bonds. The monoisotopic (exact) mass is 521 g/mol. The van der Waals surface area contributed by atoms with Gasteiger partial charge in [-0.2, -0.15) is 0 Å². The molecule has 1 aromatic heterocycles. The predicted molar refractivity (Wildman–Crippen MR) is 146 cm³/mol. The molecule has 0 unspecified atom stereocenters. The molecule has 2 N–H and O–H groups in total. The van der Waals surface area contributed by atoms with Crippen molar-refractivity contribution in [3.05, 3.63) is 82.0 Å². The van der Waals surface area contributed by atoms with E-state index >= 15 is 0 Å². The summed E-state index contributed by atoms with van der Waals surface area (Å²) in [5, 5.41) is 9.80. The number of aromatic nitrogens is 1. The standard InChI is InChI=1S/C29H31NO6S/c1-3-6-21-19-25(36-24-13-11-22(33-2)12-14-24)15-16-26(21)35-18-5-4-17-34-23-9-7-20(8-10-23)27-28(31)30-29(32)37-27/h7-16,19,31H,3-6,17-18H2,1-2H3,(H,30,32). The van der Waals surface area contributed by atoms with Gasteiger partial charge in [0.1, 0.15) is 28.7 Å². The number of nitrogens with one attached hydrogen (secondary N) is 1. The summed E-state index contributed by atoms with van der Waals surface area (Å²) in [6.45, 7) is 3.32. The van der Waals surface area contributed by atoms with Crippen molar-refractivity contribution < 1.29 is 24.1 Å². The molecule has 0 aliphatic rings. The van der Waals surface area contributed by atoms with Crippen LogP contribution in [0, 0.1) is 0 Å². The number of unbranched alkanes of at least 4 members (excludes halogenated alkanes) is 1. The summed E-state index contributed by atoms with van der Waals surface area (Å²) in [6.07, 6.45) is 3.63. The van der Waals surface area contributed by atoms with Crippen LogP contribution in [0.25, 0.3) is 10.4 Å². The molecule has 4 aromatic rings. The lowest BCUT2D eigenvalue weighted by Crippen LogP contribution is -2.04. The van der Waals surface area contributed by atoms with E-state index in [2.05, 4.69) is 11.9 Å². The van der Waals surface area contributed by atoms with Crippen LogP contribution < -0.4 is 23.8 Å². The van der Waals surface area contributed by atoms with E-state index in [1.165, 1.54) is 0 Å². The van der Waals surface area contributed by atoms with Gasteiger partial charge in [-0.3, -0.25) is 9.78 Å². The molecule has 0 saturated heterocycles. The van der Waals surface area contributed by atoms with E-state index in [0.717, 1.165) is 76.9 Å². The zero-order valence-electron chi connectivity index (χ0n) is 21.0. The molecule has 37 heavy (non-hydrogen) atoms. The van der Waals surface area contributed by atoms with Gasteiger partial charge in [0.25, 0.3) is 0 Å². The summed E-state index contributed by atoms with van der Waals surface area (Å²) < 4.78 is 23.1. The van der Waals surface area contributed by atoms with Crippen LogP contribution in [-0.4, -0.2) is 30.4 Å². The largest absolute Gasteiger partial charge is 0.497 e. The number of ether oxygens (including phenoxy) is 4. The van der Waals surface area contributed by atoms with Crippen molar-refractivity contribution in [1.82, 2.24) is 4.98 Å². The normalized spacial score (nSPS) is 10.8. The zero-order valence-corrected chi connectivity index (χ0v) is 21.8. The van der Waals surface area contributed by atoms with Crippen LogP contribution in [0.3, 0.4) is 0 Å². The maximum absolute atomic E-state index is 11.4. The third-order valence-electron chi connectivity index (χ3n) is 5.66. The third kappa shape index (κ3) is 7.30. The number of H-pyrrole nitrogens is 1. The Morgan fingerprint density at radius 2 is 1.49 bits per heavy atom. The van der Waals surface area contributed by atoms with Crippen LogP contribution in [0.1, 0.15) is 31.7 Å².